The van der Waals surface area contributed by atoms with Gasteiger partial charge in [0, 0.05) is 92.3 Å². The SMILES string of the molecule is CC(=O)CN(CCNC(=O)OCC1c2ccccc2-c2ccccc21)C(=O)Cn1cc(C)c(=O)[nH]c1=O.CC(=O)CNCCNC(=O)OCC1c2ccccc2-c2ccccc21.Cc1cn(CC(=O)N(CCNC(=O)OCC2c3ccccc3-c3ccccc32)CC(=O)O)c(=O)[nH]c1=O.Cc1cn(CC(=O)O)c(=O)[nH]c1=O. The van der Waals surface area contributed by atoms with Gasteiger partial charge in [0.25, 0.3) is 16.7 Å². The fraction of sp³-hybridized carbons (Fsp3) is 0.287. The normalized spacial score (nSPS) is 11.8. The minimum atomic E-state index is -1.25. The Morgan fingerprint density at radius 2 is 0.670 bits per heavy atom. The molecule has 3 heterocycles. The Bertz CT molecular complexity index is 5030. The molecule has 0 radical (unpaired) electrons. The molecule has 9 N–H and O–H groups in total. The third-order valence-corrected chi connectivity index (χ3v) is 18.2. The number of hydrogen-bond acceptors (Lipinski definition) is 19. The first-order valence-corrected chi connectivity index (χ1v) is 35.5. The highest BCUT2D eigenvalue weighted by molar-refractivity contribution is 5.86. The summed E-state index contributed by atoms with van der Waals surface area (Å²) in [6.07, 6.45) is 1.97. The topological polar surface area (TPSA) is 441 Å². The van der Waals surface area contributed by atoms with E-state index in [9.17, 15) is 77.0 Å². The van der Waals surface area contributed by atoms with Gasteiger partial charge < -0.3 is 55.5 Å². The van der Waals surface area contributed by atoms with E-state index in [1.165, 1.54) is 80.4 Å². The van der Waals surface area contributed by atoms with E-state index in [1.54, 1.807) is 0 Å². The van der Waals surface area contributed by atoms with Gasteiger partial charge in [-0.2, -0.15) is 0 Å². The van der Waals surface area contributed by atoms with Crippen LogP contribution in [-0.2, 0) is 62.6 Å². The van der Waals surface area contributed by atoms with E-state index in [2.05, 4.69) is 67.6 Å². The molecule has 3 aliphatic rings. The zero-order valence-corrected chi connectivity index (χ0v) is 61.9. The van der Waals surface area contributed by atoms with Crippen molar-refractivity contribution < 1.29 is 67.6 Å². The Kier molecular flexibility index (Phi) is 28.6. The van der Waals surface area contributed by atoms with Gasteiger partial charge in [-0.05, 0) is 101 Å². The maximum absolute atomic E-state index is 12.8. The predicted octanol–water partition coefficient (Wildman–Crippen LogP) is 4.73. The number of carbonyl (C=O) groups is 9. The number of H-pyrrole nitrogens is 3. The van der Waals surface area contributed by atoms with E-state index < -0.39 is 95.4 Å². The lowest BCUT2D eigenvalue weighted by molar-refractivity contribution is -0.144. The summed E-state index contributed by atoms with van der Waals surface area (Å²) in [6, 6.07) is 48.4. The maximum atomic E-state index is 12.8. The van der Waals surface area contributed by atoms with Crippen molar-refractivity contribution in [3.05, 3.63) is 277 Å². The zero-order chi connectivity index (χ0) is 80.7. The van der Waals surface area contributed by atoms with Crippen LogP contribution < -0.4 is 55.0 Å². The molecular weight excluding hydrogens is 1450 g/mol. The van der Waals surface area contributed by atoms with Gasteiger partial charge in [0.1, 0.15) is 57.6 Å². The quantitative estimate of drug-likeness (QED) is 0.0248. The molecule has 0 spiro atoms. The Morgan fingerprint density at radius 3 is 0.955 bits per heavy atom. The highest BCUT2D eigenvalue weighted by atomic mass is 16.6. The Morgan fingerprint density at radius 1 is 0.384 bits per heavy atom. The first-order chi connectivity index (χ1) is 53.6. The number of hydrogen-bond donors (Lipinski definition) is 9. The van der Waals surface area contributed by atoms with Crippen molar-refractivity contribution in [2.45, 2.75) is 72.0 Å². The molecule has 0 fully saturated rings. The minimum Gasteiger partial charge on any atom is -0.480 e. The van der Waals surface area contributed by atoms with Crippen LogP contribution in [0, 0.1) is 20.8 Å². The smallest absolute Gasteiger partial charge is 0.407 e. The summed E-state index contributed by atoms with van der Waals surface area (Å²) in [6.45, 7) is 7.05. The van der Waals surface area contributed by atoms with E-state index in [4.69, 9.17) is 19.3 Å². The Labute approximate surface area is 639 Å². The van der Waals surface area contributed by atoms with Gasteiger partial charge in [0.2, 0.25) is 11.8 Å². The summed E-state index contributed by atoms with van der Waals surface area (Å²) in [5, 5.41) is 28.4. The van der Waals surface area contributed by atoms with Crippen molar-refractivity contribution in [2.24, 2.45) is 0 Å². The molecular formula is C80H84N12O20. The standard InChI is InChI=1S/C27H28N4O6.C26H26N4O7.C20H22N2O3.C7H8N2O4/c1-17-13-31(26(35)29-25(17)34)15-24(33)30(14-18(2)32)12-11-28-27(36)37-16-23-21-9-5-3-7-19(21)20-8-4-6-10-22(20)23;1-16-12-30(25(35)28-24(16)34)13-22(31)29(14-23(32)33)11-10-27-26(36)37-15-21-19-8-4-2-6-17(19)18-7-3-5-9-20(18)21;1-14(23)12-21-10-11-22-20(24)25-13-19-17-8-4-2-6-15(17)16-7-3-5-9-18(16)19;1-4-2-9(3-5(10)11)7(13)8-6(4)12/h3-10,13,23H,11-12,14-16H2,1-2H3,(H,28,36)(H,29,34,35);2-9,12,21H,10-11,13-15H2,1H3,(H,27,36)(H,32,33)(H,28,34,35);2-9,19,21H,10-13H2,1H3,(H,22,24);2H,3H2,1H3,(H,10,11)(H,8,12,13). The van der Waals surface area contributed by atoms with E-state index >= 15 is 0 Å². The number of rotatable bonds is 27. The Hall–Kier alpha value is -13.7. The molecule has 12 rings (SSSR count). The first kappa shape index (κ1) is 82.4. The first-order valence-electron chi connectivity index (χ1n) is 35.5. The second-order valence-electron chi connectivity index (χ2n) is 26.4. The molecule has 0 atom stereocenters. The number of carbonyl (C=O) groups excluding carboxylic acids is 7. The van der Waals surface area contributed by atoms with Gasteiger partial charge in [-0.25, -0.2) is 28.8 Å². The number of aromatic nitrogens is 6. The summed E-state index contributed by atoms with van der Waals surface area (Å²) < 4.78 is 19.4. The van der Waals surface area contributed by atoms with Gasteiger partial charge in [-0.1, -0.05) is 146 Å². The van der Waals surface area contributed by atoms with E-state index in [0.29, 0.717) is 31.8 Å². The van der Waals surface area contributed by atoms with E-state index in [1.807, 2.05) is 114 Å². The lowest BCUT2D eigenvalue weighted by atomic mass is 9.98. The summed E-state index contributed by atoms with van der Waals surface area (Å²) in [5.74, 6) is -3.85. The largest absolute Gasteiger partial charge is 0.480 e. The van der Waals surface area contributed by atoms with Gasteiger partial charge in [0.05, 0.1) is 13.1 Å². The van der Waals surface area contributed by atoms with Crippen molar-refractivity contribution in [1.82, 2.24) is 59.7 Å². The summed E-state index contributed by atoms with van der Waals surface area (Å²) in [4.78, 5) is 184. The van der Waals surface area contributed by atoms with Crippen molar-refractivity contribution in [1.29, 1.82) is 0 Å². The van der Waals surface area contributed by atoms with Crippen LogP contribution in [0.5, 0.6) is 0 Å². The van der Waals surface area contributed by atoms with Gasteiger partial charge in [-0.15, -0.1) is 0 Å². The number of aromatic amines is 3. The molecule has 0 bridgehead atoms. The number of nitrogens with one attached hydrogen (secondary N) is 7. The van der Waals surface area contributed by atoms with Crippen LogP contribution in [0.15, 0.2) is 193 Å². The molecule has 0 saturated carbocycles. The molecule has 112 heavy (non-hydrogen) atoms. The van der Waals surface area contributed by atoms with Crippen LogP contribution in [-0.4, -0.2) is 181 Å². The highest BCUT2D eigenvalue weighted by Gasteiger charge is 2.32. The number of aryl methyl sites for hydroxylation is 3. The number of fused-ring (bicyclic) bond motifs is 9. The fourth-order valence-corrected chi connectivity index (χ4v) is 12.9. The maximum Gasteiger partial charge on any atom is 0.407 e. The molecule has 584 valence electrons. The number of aliphatic carboxylic acids is 2. The number of benzene rings is 6. The van der Waals surface area contributed by atoms with Crippen LogP contribution in [0.4, 0.5) is 14.4 Å². The predicted molar refractivity (Wildman–Crippen MR) is 410 cm³/mol. The lowest BCUT2D eigenvalue weighted by Crippen LogP contribution is -2.44. The van der Waals surface area contributed by atoms with Crippen molar-refractivity contribution in [2.75, 3.05) is 78.7 Å². The van der Waals surface area contributed by atoms with Crippen molar-refractivity contribution in [3.63, 3.8) is 0 Å². The van der Waals surface area contributed by atoms with E-state index in [-0.39, 0.29) is 92.9 Å². The highest BCUT2D eigenvalue weighted by Crippen LogP contribution is 2.47. The monoisotopic (exact) mass is 1530 g/mol. The number of nitrogens with zero attached hydrogens (tertiary/aromatic N) is 5. The summed E-state index contributed by atoms with van der Waals surface area (Å²) >= 11 is 0. The number of alkyl carbamates (subject to hydrolysis) is 3. The van der Waals surface area contributed by atoms with Crippen LogP contribution >= 0.6 is 0 Å². The molecule has 32 nitrogen and oxygen atoms in total. The molecule has 0 unspecified atom stereocenters. The second-order valence-corrected chi connectivity index (χ2v) is 26.4. The van der Waals surface area contributed by atoms with Gasteiger partial charge in [-0.3, -0.25) is 71.8 Å². The van der Waals surface area contributed by atoms with E-state index in [0.717, 1.165) is 63.1 Å². The van der Waals surface area contributed by atoms with Gasteiger partial charge >= 0.3 is 47.3 Å². The molecule has 3 aliphatic carbocycles. The second kappa shape index (κ2) is 38.9. The number of Topliss-reactive ketones (excluding diaryl/α,β-unsaturated/α-hetero) is 2. The number of carboxylic acid groups (broad SMARTS) is 2. The average Bonchev–Trinajstić information content (AvgIpc) is 1.63. The number of ether oxygens (including phenoxy) is 3. The van der Waals surface area contributed by atoms with Crippen molar-refractivity contribution in [3.8, 4) is 33.4 Å². The Balaban J connectivity index is 0.000000181. The summed E-state index contributed by atoms with van der Waals surface area (Å²) in [7, 11) is 0. The molecule has 32 heteroatoms. The molecule has 5 amide bonds. The number of carboxylic acids is 2. The average molecular weight is 1530 g/mol. The van der Waals surface area contributed by atoms with Crippen LogP contribution in [0.1, 0.15) is 81.7 Å². The van der Waals surface area contributed by atoms with Crippen LogP contribution in [0.25, 0.3) is 33.4 Å². The third kappa shape index (κ3) is 22.0. The minimum absolute atomic E-state index is 0.0414. The summed E-state index contributed by atoms with van der Waals surface area (Å²) in [5.41, 5.74) is 10.6. The fourth-order valence-electron chi connectivity index (χ4n) is 12.9. The molecule has 9 aromatic rings. The molecule has 6 aromatic carbocycles. The molecule has 0 saturated heterocycles. The number of amides is 5. The van der Waals surface area contributed by atoms with Crippen molar-refractivity contribution >= 4 is 53.6 Å². The molecule has 3 aromatic heterocycles. The van der Waals surface area contributed by atoms with Crippen LogP contribution in [0.2, 0.25) is 0 Å². The zero-order valence-electron chi connectivity index (χ0n) is 61.9. The third-order valence-electron chi connectivity index (χ3n) is 18.2. The van der Waals surface area contributed by atoms with Gasteiger partial charge in [0.15, 0.2) is 0 Å². The number of ketones is 2. The lowest BCUT2D eigenvalue weighted by Gasteiger charge is -2.22. The molecule has 0 aliphatic heterocycles. The van der Waals surface area contributed by atoms with Crippen LogP contribution in [0.3, 0.4) is 0 Å².